The molecule has 0 fully saturated rings. The first kappa shape index (κ1) is 24.7. The highest BCUT2D eigenvalue weighted by Gasteiger charge is 2.33. The average molecular weight is 495 g/mol. The van der Waals surface area contributed by atoms with Crippen LogP contribution in [0.2, 0.25) is 5.02 Å². The second-order valence-corrected chi connectivity index (χ2v) is 9.27. The van der Waals surface area contributed by atoms with Gasteiger partial charge in [-0.1, -0.05) is 37.6 Å². The number of carbonyl (C=O) groups excluding carboxylic acids is 1. The molecule has 0 unspecified atom stereocenters. The van der Waals surface area contributed by atoms with Gasteiger partial charge in [0.05, 0.1) is 20.3 Å². The highest BCUT2D eigenvalue weighted by molar-refractivity contribution is 6.30. The molecule has 3 aromatic rings. The van der Waals surface area contributed by atoms with Crippen LogP contribution < -0.4 is 19.5 Å². The summed E-state index contributed by atoms with van der Waals surface area (Å²) < 4.78 is 17.3. The Balaban J connectivity index is 1.62. The van der Waals surface area contributed by atoms with Gasteiger partial charge in [0.1, 0.15) is 12.4 Å². The number of anilines is 1. The number of methoxy groups -OCH3 is 2. The molecule has 1 aliphatic heterocycles. The number of nitrogens with one attached hydrogen (secondary N) is 1. The number of nitrogens with zero attached hydrogens (tertiary/aromatic N) is 1. The van der Waals surface area contributed by atoms with Gasteiger partial charge in [0, 0.05) is 17.3 Å². The van der Waals surface area contributed by atoms with Crippen LogP contribution in [0, 0.1) is 0 Å². The van der Waals surface area contributed by atoms with E-state index >= 15 is 0 Å². The topological polar surface area (TPSA) is 60.0 Å². The Bertz CT molecular complexity index is 1160. The molecule has 7 heteroatoms. The Morgan fingerprint density at radius 3 is 2.31 bits per heavy atom. The minimum absolute atomic E-state index is 0.198. The number of amides is 2. The summed E-state index contributed by atoms with van der Waals surface area (Å²) in [7, 11) is 3.24. The Kier molecular flexibility index (Phi) is 7.71. The Labute approximate surface area is 211 Å². The number of ether oxygens (including phenoxy) is 3. The molecule has 6 nitrogen and oxygen atoms in total. The predicted molar refractivity (Wildman–Crippen MR) is 139 cm³/mol. The molecule has 0 radical (unpaired) electrons. The van der Waals surface area contributed by atoms with E-state index in [9.17, 15) is 4.79 Å². The van der Waals surface area contributed by atoms with Crippen molar-refractivity contribution in [2.45, 2.75) is 32.2 Å². The van der Waals surface area contributed by atoms with Gasteiger partial charge < -0.3 is 24.4 Å². The number of rotatable bonds is 7. The second kappa shape index (κ2) is 10.9. The van der Waals surface area contributed by atoms with Crippen LogP contribution >= 0.6 is 11.6 Å². The molecule has 0 spiro atoms. The minimum Gasteiger partial charge on any atom is -0.493 e. The molecule has 0 bridgehead atoms. The van der Waals surface area contributed by atoms with E-state index in [-0.39, 0.29) is 12.1 Å². The van der Waals surface area contributed by atoms with Gasteiger partial charge in [-0.3, -0.25) is 0 Å². The number of carbonyl (C=O) groups is 1. The van der Waals surface area contributed by atoms with Crippen molar-refractivity contribution >= 4 is 23.3 Å². The van der Waals surface area contributed by atoms with E-state index < -0.39 is 0 Å². The van der Waals surface area contributed by atoms with Crippen LogP contribution in [0.3, 0.4) is 0 Å². The van der Waals surface area contributed by atoms with Crippen LogP contribution in [-0.2, 0) is 6.42 Å². The fourth-order valence-electron chi connectivity index (χ4n) is 4.30. The van der Waals surface area contributed by atoms with Gasteiger partial charge in [0.15, 0.2) is 11.5 Å². The number of hydrogen-bond acceptors (Lipinski definition) is 4. The summed E-state index contributed by atoms with van der Waals surface area (Å²) in [5.41, 5.74) is 4.03. The second-order valence-electron chi connectivity index (χ2n) is 8.84. The molecule has 184 valence electrons. The molecule has 1 atom stereocenters. The first-order valence-corrected chi connectivity index (χ1v) is 12.1. The average Bonchev–Trinajstić information content (AvgIpc) is 2.87. The fraction of sp³-hybridized carbons (Fsp3) is 0.321. The molecule has 2 amide bonds. The van der Waals surface area contributed by atoms with Gasteiger partial charge in [0.25, 0.3) is 0 Å². The van der Waals surface area contributed by atoms with E-state index in [4.69, 9.17) is 25.8 Å². The van der Waals surface area contributed by atoms with Crippen molar-refractivity contribution < 1.29 is 19.0 Å². The first-order valence-electron chi connectivity index (χ1n) is 11.7. The van der Waals surface area contributed by atoms with Crippen molar-refractivity contribution in [1.29, 1.82) is 0 Å². The van der Waals surface area contributed by atoms with Gasteiger partial charge >= 0.3 is 6.03 Å². The van der Waals surface area contributed by atoms with E-state index in [1.54, 1.807) is 38.5 Å². The molecule has 0 aliphatic carbocycles. The van der Waals surface area contributed by atoms with Gasteiger partial charge in [-0.15, -0.1) is 0 Å². The van der Waals surface area contributed by atoms with E-state index in [1.165, 1.54) is 5.56 Å². The van der Waals surface area contributed by atoms with E-state index in [0.717, 1.165) is 16.9 Å². The third kappa shape index (κ3) is 5.65. The molecule has 1 N–H and O–H groups in total. The molecular formula is C28H31ClN2O4. The molecule has 3 aromatic carbocycles. The van der Waals surface area contributed by atoms with Crippen molar-refractivity contribution in [3.05, 3.63) is 82.4 Å². The smallest absolute Gasteiger partial charge is 0.322 e. The van der Waals surface area contributed by atoms with Crippen LogP contribution in [0.4, 0.5) is 10.5 Å². The van der Waals surface area contributed by atoms with E-state index in [2.05, 4.69) is 31.3 Å². The van der Waals surface area contributed by atoms with Gasteiger partial charge in [0.2, 0.25) is 0 Å². The Morgan fingerprint density at radius 2 is 1.69 bits per heavy atom. The summed E-state index contributed by atoms with van der Waals surface area (Å²) in [6.07, 6.45) is 0.698. The SMILES string of the molecule is COc1cc2c(cc1OC)[C@H](COc1ccc(C(C)C)cc1)N(C(=O)Nc1ccc(Cl)cc1)CC2. The lowest BCUT2D eigenvalue weighted by atomic mass is 9.92. The monoisotopic (exact) mass is 494 g/mol. The van der Waals surface area contributed by atoms with Crippen LogP contribution in [0.25, 0.3) is 0 Å². The summed E-state index contributed by atoms with van der Waals surface area (Å²) >= 11 is 5.99. The maximum atomic E-state index is 13.4. The summed E-state index contributed by atoms with van der Waals surface area (Å²) in [5, 5.41) is 3.60. The number of hydrogen-bond donors (Lipinski definition) is 1. The third-order valence-corrected chi connectivity index (χ3v) is 6.57. The summed E-state index contributed by atoms with van der Waals surface area (Å²) in [6, 6.07) is 18.6. The molecular weight excluding hydrogens is 464 g/mol. The van der Waals surface area contributed by atoms with Crippen molar-refractivity contribution in [2.75, 3.05) is 32.7 Å². The maximum absolute atomic E-state index is 13.4. The zero-order chi connectivity index (χ0) is 24.9. The van der Waals surface area contributed by atoms with Crippen LogP contribution in [0.5, 0.6) is 17.2 Å². The van der Waals surface area contributed by atoms with Gasteiger partial charge in [-0.2, -0.15) is 0 Å². The molecule has 4 rings (SSSR count). The van der Waals surface area contributed by atoms with E-state index in [0.29, 0.717) is 47.7 Å². The maximum Gasteiger partial charge on any atom is 0.322 e. The zero-order valence-corrected chi connectivity index (χ0v) is 21.3. The normalized spacial score (nSPS) is 14.9. The third-order valence-electron chi connectivity index (χ3n) is 6.31. The van der Waals surface area contributed by atoms with Gasteiger partial charge in [-0.05, 0) is 77.6 Å². The largest absolute Gasteiger partial charge is 0.493 e. The van der Waals surface area contributed by atoms with Crippen LogP contribution in [-0.4, -0.2) is 38.3 Å². The minimum atomic E-state index is -0.310. The van der Waals surface area contributed by atoms with E-state index in [1.807, 2.05) is 29.2 Å². The predicted octanol–water partition coefficient (Wildman–Crippen LogP) is 6.69. The lowest BCUT2D eigenvalue weighted by Crippen LogP contribution is -2.44. The Morgan fingerprint density at radius 1 is 1.03 bits per heavy atom. The summed E-state index contributed by atoms with van der Waals surface area (Å²) in [5.74, 6) is 2.51. The summed E-state index contributed by atoms with van der Waals surface area (Å²) in [4.78, 5) is 15.2. The number of fused-ring (bicyclic) bond motifs is 1. The van der Waals surface area contributed by atoms with Crippen molar-refractivity contribution in [3.8, 4) is 17.2 Å². The van der Waals surface area contributed by atoms with Crippen molar-refractivity contribution in [1.82, 2.24) is 4.90 Å². The van der Waals surface area contributed by atoms with Crippen LogP contribution in [0.1, 0.15) is 42.5 Å². The number of urea groups is 1. The van der Waals surface area contributed by atoms with Gasteiger partial charge in [-0.25, -0.2) is 4.79 Å². The summed E-state index contributed by atoms with van der Waals surface area (Å²) in [6.45, 7) is 5.17. The first-order chi connectivity index (χ1) is 16.9. The number of benzene rings is 3. The molecule has 0 saturated heterocycles. The number of halogens is 1. The lowest BCUT2D eigenvalue weighted by Gasteiger charge is -2.37. The molecule has 0 saturated carbocycles. The fourth-order valence-corrected chi connectivity index (χ4v) is 4.43. The highest BCUT2D eigenvalue weighted by Crippen LogP contribution is 2.38. The molecule has 1 aliphatic rings. The molecule has 35 heavy (non-hydrogen) atoms. The van der Waals surface area contributed by atoms with Crippen molar-refractivity contribution in [2.24, 2.45) is 0 Å². The standard InChI is InChI=1S/C28H31ClN2O4/c1-18(2)19-5-11-23(12-6-19)35-17-25-24-16-27(34-4)26(33-3)15-20(24)13-14-31(25)28(32)30-22-9-7-21(29)8-10-22/h5-12,15-16,18,25H,13-14,17H2,1-4H3,(H,30,32)/t25-/m0/s1. The van der Waals surface area contributed by atoms with Crippen LogP contribution in [0.15, 0.2) is 60.7 Å². The molecule has 1 heterocycles. The quantitative estimate of drug-likeness (QED) is 0.397. The molecule has 0 aromatic heterocycles. The van der Waals surface area contributed by atoms with Crippen molar-refractivity contribution in [3.63, 3.8) is 0 Å². The Hall–Kier alpha value is -3.38. The highest BCUT2D eigenvalue weighted by atomic mass is 35.5. The lowest BCUT2D eigenvalue weighted by molar-refractivity contribution is 0.144. The zero-order valence-electron chi connectivity index (χ0n) is 20.5.